The number of aromatic amines is 1. The number of ketones is 1. The maximum Gasteiger partial charge on any atom is 0.164 e. The Morgan fingerprint density at radius 3 is 1.54 bits per heavy atom. The highest BCUT2D eigenvalue weighted by molar-refractivity contribution is 6.00. The van der Waals surface area contributed by atoms with Crippen molar-refractivity contribution in [3.05, 3.63) is 161 Å². The van der Waals surface area contributed by atoms with Gasteiger partial charge in [-0.05, 0) is 104 Å². The Hall–Kier alpha value is -6.02. The van der Waals surface area contributed by atoms with Crippen LogP contribution in [0.2, 0.25) is 0 Å². The summed E-state index contributed by atoms with van der Waals surface area (Å²) in [6.07, 6.45) is 13.0. The van der Waals surface area contributed by atoms with Crippen molar-refractivity contribution >= 4 is 5.78 Å². The van der Waals surface area contributed by atoms with Crippen LogP contribution in [-0.2, 0) is 29.3 Å². The number of hydrogen-bond acceptors (Lipinski definition) is 6. The predicted octanol–water partition coefficient (Wildman–Crippen LogP) is 11.6. The maximum absolute atomic E-state index is 12.7. The lowest BCUT2D eigenvalue weighted by Gasteiger charge is -2.38. The second-order valence-corrected chi connectivity index (χ2v) is 18.5. The van der Waals surface area contributed by atoms with E-state index in [1.165, 1.54) is 35.1 Å². The number of fused-ring (bicyclic) bond motifs is 4. The minimum Gasteiger partial charge on any atom is -0.321 e. The van der Waals surface area contributed by atoms with Crippen LogP contribution in [0.15, 0.2) is 128 Å². The highest BCUT2D eigenvalue weighted by atomic mass is 16.1. The Morgan fingerprint density at radius 1 is 0.541 bits per heavy atom. The molecule has 7 aromatic rings. The van der Waals surface area contributed by atoms with E-state index in [2.05, 4.69) is 127 Å². The number of nitrogens with two attached hydrogens (primary N) is 2. The van der Waals surface area contributed by atoms with Crippen LogP contribution in [0, 0.1) is 0 Å². The van der Waals surface area contributed by atoms with Crippen LogP contribution in [0.25, 0.3) is 56.0 Å². The molecule has 3 aromatic heterocycles. The molecule has 11 rings (SSSR count). The number of benzene rings is 4. The number of nitrogens with zero attached hydrogens (tertiary/aromatic N) is 3. The van der Waals surface area contributed by atoms with E-state index in [1.54, 1.807) is 0 Å². The summed E-state index contributed by atoms with van der Waals surface area (Å²) < 4.78 is 0. The summed E-state index contributed by atoms with van der Waals surface area (Å²) in [6.45, 7) is 4.54. The van der Waals surface area contributed by atoms with Gasteiger partial charge in [0.25, 0.3) is 0 Å². The molecule has 4 aliphatic carbocycles. The van der Waals surface area contributed by atoms with Crippen LogP contribution in [0.4, 0.5) is 0 Å². The van der Waals surface area contributed by atoms with E-state index < -0.39 is 0 Å². The molecular formula is C54H54N6O. The molecule has 0 atom stereocenters. The maximum atomic E-state index is 12.7. The molecule has 4 aliphatic rings. The Balaban J connectivity index is 0.000000147. The summed E-state index contributed by atoms with van der Waals surface area (Å²) in [5.74, 6) is 0.221. The third kappa shape index (κ3) is 7.24. The fraction of sp³-hybridized carbons (Fsp3) is 0.296. The monoisotopic (exact) mass is 802 g/mol. The average Bonchev–Trinajstić information content (AvgIpc) is 3.71. The van der Waals surface area contributed by atoms with Gasteiger partial charge in [-0.25, -0.2) is 0 Å². The summed E-state index contributed by atoms with van der Waals surface area (Å²) in [5.41, 5.74) is 30.2. The Morgan fingerprint density at radius 2 is 1.03 bits per heavy atom. The number of Topliss-reactive ketones (excluding diaryl/α,β-unsaturated/α-hetero) is 1. The van der Waals surface area contributed by atoms with Crippen molar-refractivity contribution in [2.45, 2.75) is 101 Å². The number of aryl methyl sites for hydroxylation is 1. The van der Waals surface area contributed by atoms with Gasteiger partial charge in [-0.1, -0.05) is 123 Å². The van der Waals surface area contributed by atoms with Gasteiger partial charge in [-0.15, -0.1) is 0 Å². The first kappa shape index (κ1) is 39.1. The van der Waals surface area contributed by atoms with Gasteiger partial charge >= 0.3 is 0 Å². The third-order valence-electron chi connectivity index (χ3n) is 13.9. The number of nitrogens with one attached hydrogen (secondary N) is 1. The zero-order chi connectivity index (χ0) is 41.8. The molecule has 0 aliphatic heterocycles. The molecule has 306 valence electrons. The van der Waals surface area contributed by atoms with Crippen molar-refractivity contribution in [2.75, 3.05) is 0 Å². The van der Waals surface area contributed by atoms with Crippen LogP contribution in [0.5, 0.6) is 0 Å². The quantitative estimate of drug-likeness (QED) is 0.144. The fourth-order valence-electron chi connectivity index (χ4n) is 9.85. The van der Waals surface area contributed by atoms with E-state index in [9.17, 15) is 4.79 Å². The summed E-state index contributed by atoms with van der Waals surface area (Å²) in [5, 5.41) is 7.60. The largest absolute Gasteiger partial charge is 0.321 e. The predicted molar refractivity (Wildman–Crippen MR) is 246 cm³/mol. The van der Waals surface area contributed by atoms with Crippen LogP contribution < -0.4 is 11.5 Å². The molecule has 0 spiro atoms. The zero-order valence-electron chi connectivity index (χ0n) is 35.3. The molecule has 2 saturated carbocycles. The van der Waals surface area contributed by atoms with Gasteiger partial charge in [0.05, 0.1) is 34.7 Å². The lowest BCUT2D eigenvalue weighted by atomic mass is 9.72. The standard InChI is InChI=1S/C28H28N4.C26H26N2O/c1-27(2)16-24-22(26-23(27)17-30-32-26)15-21(18-7-4-3-5-8-18)25(31-24)19-9-11-20(12-10-19)28(29)13-6-14-28;27-26(15-6-16-26)20-13-11-19(12-14-20)25-21(18-7-2-1-3-8-18)17-22-23(28-25)9-4-5-10-24(22)29/h3-5,7-12,15,17H,6,13-14,16,29H2,1-2H3,(H,30,32);1-3,7-8,11-14,17H,4-6,9-10,15-16,27H2. The second-order valence-electron chi connectivity index (χ2n) is 18.5. The van der Waals surface area contributed by atoms with E-state index in [0.717, 1.165) is 119 Å². The Labute approximate surface area is 359 Å². The number of carbonyl (C=O) groups excluding carboxylic acids is 1. The van der Waals surface area contributed by atoms with Gasteiger partial charge in [0.15, 0.2) is 5.78 Å². The first-order valence-corrected chi connectivity index (χ1v) is 22.1. The average molecular weight is 803 g/mol. The van der Waals surface area contributed by atoms with Crippen molar-refractivity contribution in [1.29, 1.82) is 0 Å². The van der Waals surface area contributed by atoms with Crippen LogP contribution in [0.1, 0.15) is 110 Å². The van der Waals surface area contributed by atoms with Gasteiger partial charge in [-0.2, -0.15) is 5.10 Å². The van der Waals surface area contributed by atoms with Gasteiger partial charge in [0.2, 0.25) is 0 Å². The number of pyridine rings is 2. The molecule has 7 heteroatoms. The van der Waals surface area contributed by atoms with E-state index in [4.69, 9.17) is 21.4 Å². The third-order valence-corrected chi connectivity index (χ3v) is 13.9. The van der Waals surface area contributed by atoms with E-state index in [0.29, 0.717) is 6.42 Å². The van der Waals surface area contributed by atoms with E-state index >= 15 is 0 Å². The van der Waals surface area contributed by atoms with Crippen LogP contribution in [0.3, 0.4) is 0 Å². The highest BCUT2D eigenvalue weighted by Gasteiger charge is 2.37. The number of hydrogen-bond donors (Lipinski definition) is 3. The van der Waals surface area contributed by atoms with Gasteiger partial charge in [-0.3, -0.25) is 19.9 Å². The van der Waals surface area contributed by atoms with Gasteiger partial charge < -0.3 is 11.5 Å². The first-order chi connectivity index (χ1) is 29.6. The summed E-state index contributed by atoms with van der Waals surface area (Å²) >= 11 is 0. The van der Waals surface area contributed by atoms with E-state index in [-0.39, 0.29) is 22.3 Å². The van der Waals surface area contributed by atoms with Crippen molar-refractivity contribution in [3.63, 3.8) is 0 Å². The zero-order valence-corrected chi connectivity index (χ0v) is 35.3. The normalized spacial score (nSPS) is 17.9. The van der Waals surface area contributed by atoms with Crippen molar-refractivity contribution < 1.29 is 4.79 Å². The van der Waals surface area contributed by atoms with Crippen molar-refractivity contribution in [3.8, 4) is 56.0 Å². The first-order valence-electron chi connectivity index (χ1n) is 22.1. The minimum absolute atomic E-state index is 0.00607. The molecule has 4 aromatic carbocycles. The topological polar surface area (TPSA) is 124 Å². The molecule has 0 unspecified atom stereocenters. The number of rotatable bonds is 6. The molecule has 5 N–H and O–H groups in total. The molecule has 0 radical (unpaired) electrons. The summed E-state index contributed by atoms with van der Waals surface area (Å²) in [4.78, 5) is 23.0. The lowest BCUT2D eigenvalue weighted by molar-refractivity contribution is 0.0981. The molecule has 2 fully saturated rings. The molecular weight excluding hydrogens is 749 g/mol. The second kappa shape index (κ2) is 15.5. The Bertz CT molecular complexity index is 2730. The number of aromatic nitrogens is 4. The van der Waals surface area contributed by atoms with Gasteiger partial charge in [0, 0.05) is 56.4 Å². The fourth-order valence-corrected chi connectivity index (χ4v) is 9.85. The van der Waals surface area contributed by atoms with Crippen LogP contribution in [-0.4, -0.2) is 25.9 Å². The number of H-pyrrole nitrogens is 1. The SMILES string of the molecule is CC1(C)Cc2nc(-c3ccc(C4(N)CCC4)cc3)c(-c3ccccc3)cc2-c2[nH]ncc21.NC1(c2ccc(-c3nc4c(cc3-c3ccccc3)C(=O)CCCC4)cc2)CCC1. The molecule has 3 heterocycles. The van der Waals surface area contributed by atoms with Crippen molar-refractivity contribution in [2.24, 2.45) is 11.5 Å². The molecule has 61 heavy (non-hydrogen) atoms. The molecule has 0 saturated heterocycles. The number of carbonyl (C=O) groups is 1. The van der Waals surface area contributed by atoms with Gasteiger partial charge in [0.1, 0.15) is 0 Å². The minimum atomic E-state index is -0.158. The van der Waals surface area contributed by atoms with Crippen LogP contribution >= 0.6 is 0 Å². The van der Waals surface area contributed by atoms with Crippen molar-refractivity contribution in [1.82, 2.24) is 20.2 Å². The van der Waals surface area contributed by atoms with E-state index in [1.807, 2.05) is 24.4 Å². The lowest BCUT2D eigenvalue weighted by Crippen LogP contribution is -2.43. The Kier molecular flexibility index (Phi) is 9.92. The molecule has 7 nitrogen and oxygen atoms in total. The summed E-state index contributed by atoms with van der Waals surface area (Å²) in [6, 6.07) is 42.5. The molecule has 0 amide bonds. The highest BCUT2D eigenvalue weighted by Crippen LogP contribution is 2.46. The molecule has 0 bridgehead atoms. The summed E-state index contributed by atoms with van der Waals surface area (Å²) in [7, 11) is 0. The smallest absolute Gasteiger partial charge is 0.164 e.